The molecule has 2 rings (SSSR count). The second-order valence-corrected chi connectivity index (χ2v) is 8.18. The Morgan fingerprint density at radius 3 is 2.33 bits per heavy atom. The van der Waals surface area contributed by atoms with Gasteiger partial charge < -0.3 is 0 Å². The molecule has 0 amide bonds. The molecule has 0 bridgehead atoms. The lowest BCUT2D eigenvalue weighted by Gasteiger charge is -2.30. The molecule has 0 nitrogen and oxygen atoms in total. The van der Waals surface area contributed by atoms with Gasteiger partial charge in [-0.15, -0.1) is 11.3 Å². The highest BCUT2D eigenvalue weighted by Gasteiger charge is 2.32. The summed E-state index contributed by atoms with van der Waals surface area (Å²) in [6.45, 7) is 4.48. The van der Waals surface area contributed by atoms with Crippen LogP contribution in [0, 0.1) is 0 Å². The number of hydrogen-bond acceptors (Lipinski definition) is 1. The van der Waals surface area contributed by atoms with E-state index in [0.717, 1.165) is 8.81 Å². The van der Waals surface area contributed by atoms with Crippen LogP contribution < -0.4 is 0 Å². The van der Waals surface area contributed by atoms with Gasteiger partial charge in [0, 0.05) is 14.8 Å². The van der Waals surface area contributed by atoms with Gasteiger partial charge in [-0.3, -0.25) is 0 Å². The molecule has 0 radical (unpaired) electrons. The van der Waals surface area contributed by atoms with E-state index in [1.807, 2.05) is 6.07 Å². The molecule has 18 heavy (non-hydrogen) atoms. The van der Waals surface area contributed by atoms with Gasteiger partial charge in [-0.05, 0) is 27.6 Å². The average molecular weight is 409 g/mol. The second-order valence-electron chi connectivity index (χ2n) is 4.72. The molecule has 0 spiro atoms. The normalized spacial score (nSPS) is 13.6. The van der Waals surface area contributed by atoms with Crippen LogP contribution in [-0.4, -0.2) is 0 Å². The van der Waals surface area contributed by atoms with Gasteiger partial charge >= 0.3 is 0 Å². The van der Waals surface area contributed by atoms with Crippen molar-refractivity contribution in [3.63, 3.8) is 0 Å². The minimum absolute atomic E-state index is 0.00881. The highest BCUT2D eigenvalue weighted by molar-refractivity contribution is 9.10. The topological polar surface area (TPSA) is 0 Å². The van der Waals surface area contributed by atoms with Gasteiger partial charge in [-0.25, -0.2) is 0 Å². The lowest BCUT2D eigenvalue weighted by molar-refractivity contribution is 0.522. The number of halogens is 3. The van der Waals surface area contributed by atoms with Crippen LogP contribution in [0.4, 0.5) is 0 Å². The van der Waals surface area contributed by atoms with Crippen molar-refractivity contribution in [3.8, 4) is 0 Å². The van der Waals surface area contributed by atoms with E-state index in [9.17, 15) is 0 Å². The third-order valence-electron chi connectivity index (χ3n) is 3.07. The van der Waals surface area contributed by atoms with Gasteiger partial charge in [0.15, 0.2) is 0 Å². The van der Waals surface area contributed by atoms with Crippen LogP contribution in [0.25, 0.3) is 0 Å². The maximum absolute atomic E-state index is 6.12. The SMILES string of the molecule is CC(C)(c1ccccc1)C(Br)c1cc(Br)c(Cl)s1. The van der Waals surface area contributed by atoms with Gasteiger partial charge in [-0.2, -0.15) is 0 Å². The van der Waals surface area contributed by atoms with Crippen molar-refractivity contribution in [2.75, 3.05) is 0 Å². The number of hydrogen-bond donors (Lipinski definition) is 0. The van der Waals surface area contributed by atoms with Crippen LogP contribution in [0.15, 0.2) is 40.9 Å². The molecule has 4 heteroatoms. The molecule has 1 aromatic heterocycles. The van der Waals surface area contributed by atoms with Crippen molar-refractivity contribution in [1.82, 2.24) is 0 Å². The zero-order valence-electron chi connectivity index (χ0n) is 10.1. The first-order chi connectivity index (χ1) is 8.43. The van der Waals surface area contributed by atoms with Crippen LogP contribution in [-0.2, 0) is 5.41 Å². The van der Waals surface area contributed by atoms with E-state index >= 15 is 0 Å². The fourth-order valence-electron chi connectivity index (χ4n) is 1.86. The minimum atomic E-state index is 0.00881. The molecular formula is C14H13Br2ClS. The van der Waals surface area contributed by atoms with Gasteiger partial charge in [-0.1, -0.05) is 71.7 Å². The Hall–Kier alpha value is 0.170. The molecule has 0 aliphatic heterocycles. The number of benzene rings is 1. The van der Waals surface area contributed by atoms with Crippen molar-refractivity contribution in [1.29, 1.82) is 0 Å². The lowest BCUT2D eigenvalue weighted by atomic mass is 9.81. The maximum Gasteiger partial charge on any atom is 0.107 e. The summed E-state index contributed by atoms with van der Waals surface area (Å²) < 4.78 is 1.77. The van der Waals surface area contributed by atoms with Crippen LogP contribution in [0.2, 0.25) is 4.34 Å². The molecule has 1 unspecified atom stereocenters. The number of rotatable bonds is 3. The Bertz CT molecular complexity index is 514. The molecular weight excluding hydrogens is 395 g/mol. The highest BCUT2D eigenvalue weighted by atomic mass is 79.9. The molecule has 1 heterocycles. The third kappa shape index (κ3) is 2.84. The molecule has 1 aromatic carbocycles. The summed E-state index contributed by atoms with van der Waals surface area (Å²) in [4.78, 5) is 1.47. The maximum atomic E-state index is 6.12. The summed E-state index contributed by atoms with van der Waals surface area (Å²) in [6.07, 6.45) is 0. The van der Waals surface area contributed by atoms with Crippen molar-refractivity contribution >= 4 is 54.8 Å². The van der Waals surface area contributed by atoms with Gasteiger partial charge in [0.25, 0.3) is 0 Å². The number of thiophene rings is 1. The van der Waals surface area contributed by atoms with Crippen LogP contribution in [0.5, 0.6) is 0 Å². The Labute approximate surface area is 134 Å². The van der Waals surface area contributed by atoms with Crippen molar-refractivity contribution < 1.29 is 0 Å². The van der Waals surface area contributed by atoms with E-state index in [2.05, 4.69) is 76.0 Å². The van der Waals surface area contributed by atoms with Gasteiger partial charge in [0.1, 0.15) is 4.34 Å². The van der Waals surface area contributed by atoms with E-state index in [0.29, 0.717) is 0 Å². The van der Waals surface area contributed by atoms with Crippen LogP contribution >= 0.6 is 54.8 Å². The Kier molecular flexibility index (Phi) is 4.58. The van der Waals surface area contributed by atoms with E-state index in [1.54, 1.807) is 11.3 Å². The Balaban J connectivity index is 2.35. The standard InChI is InChI=1S/C14H13Br2ClS/c1-14(2,9-6-4-3-5-7-9)12(16)11-8-10(15)13(17)18-11/h3-8,12H,1-2H3. The highest BCUT2D eigenvalue weighted by Crippen LogP contribution is 2.47. The lowest BCUT2D eigenvalue weighted by Crippen LogP contribution is -2.22. The molecule has 96 valence electrons. The van der Waals surface area contributed by atoms with Crippen LogP contribution in [0.1, 0.15) is 29.1 Å². The van der Waals surface area contributed by atoms with E-state index in [4.69, 9.17) is 11.6 Å². The predicted octanol–water partition coefficient (Wildman–Crippen LogP) is 6.58. The third-order valence-corrected chi connectivity index (χ3v) is 7.55. The molecule has 0 aliphatic rings. The zero-order valence-corrected chi connectivity index (χ0v) is 14.8. The summed E-state index contributed by atoms with van der Waals surface area (Å²) in [7, 11) is 0. The fourth-order valence-corrected chi connectivity index (χ4v) is 4.44. The summed E-state index contributed by atoms with van der Waals surface area (Å²) in [6, 6.07) is 12.6. The summed E-state index contributed by atoms with van der Waals surface area (Å²) in [5.41, 5.74) is 1.32. The van der Waals surface area contributed by atoms with Crippen molar-refractivity contribution in [2.24, 2.45) is 0 Å². The van der Waals surface area contributed by atoms with Gasteiger partial charge in [0.2, 0.25) is 0 Å². The second kappa shape index (κ2) is 5.66. The Morgan fingerprint density at radius 1 is 1.22 bits per heavy atom. The smallest absolute Gasteiger partial charge is 0.107 e. The van der Waals surface area contributed by atoms with Crippen molar-refractivity contribution in [2.45, 2.75) is 24.1 Å². The first-order valence-electron chi connectivity index (χ1n) is 5.57. The molecule has 2 aromatic rings. The summed E-state index contributed by atoms with van der Waals surface area (Å²) in [5.74, 6) is 0. The molecule has 0 saturated heterocycles. The first kappa shape index (κ1) is 14.6. The molecule has 0 fully saturated rings. The van der Waals surface area contributed by atoms with Gasteiger partial charge in [0.05, 0.1) is 4.83 Å². The fraction of sp³-hybridized carbons (Fsp3) is 0.286. The summed E-state index contributed by atoms with van der Waals surface area (Å²) in [5, 5.41) is 0. The molecule has 0 aliphatic carbocycles. The zero-order chi connectivity index (χ0) is 13.3. The first-order valence-corrected chi connectivity index (χ1v) is 8.47. The largest absolute Gasteiger partial charge is 0.126 e. The average Bonchev–Trinajstić information content (AvgIpc) is 2.69. The monoisotopic (exact) mass is 406 g/mol. The minimum Gasteiger partial charge on any atom is -0.126 e. The molecule has 1 atom stereocenters. The molecule has 0 saturated carbocycles. The number of alkyl halides is 1. The van der Waals surface area contributed by atoms with Crippen LogP contribution in [0.3, 0.4) is 0 Å². The van der Waals surface area contributed by atoms with E-state index in [-0.39, 0.29) is 10.2 Å². The van der Waals surface area contributed by atoms with E-state index in [1.165, 1.54) is 10.4 Å². The summed E-state index contributed by atoms with van der Waals surface area (Å²) >= 11 is 15.0. The molecule has 0 N–H and O–H groups in total. The Morgan fingerprint density at radius 2 is 1.83 bits per heavy atom. The van der Waals surface area contributed by atoms with E-state index < -0.39 is 0 Å². The predicted molar refractivity (Wildman–Crippen MR) is 88.2 cm³/mol. The quantitative estimate of drug-likeness (QED) is 0.503. The van der Waals surface area contributed by atoms with Crippen molar-refractivity contribution in [3.05, 3.63) is 55.6 Å².